The molecule has 3 heteroatoms. The van der Waals surface area contributed by atoms with E-state index in [1.54, 1.807) is 0 Å². The Hall–Kier alpha value is -7.62. The number of aromatic nitrogens is 1. The minimum absolute atomic E-state index is 1.11. The first kappa shape index (κ1) is 32.8. The van der Waals surface area contributed by atoms with Gasteiger partial charge in [0.25, 0.3) is 0 Å². The van der Waals surface area contributed by atoms with Crippen LogP contribution in [0.15, 0.2) is 224 Å². The summed E-state index contributed by atoms with van der Waals surface area (Å²) in [4.78, 5) is 4.75. The quantitative estimate of drug-likeness (QED) is 0.144. The van der Waals surface area contributed by atoms with E-state index in [1.807, 2.05) is 0 Å². The van der Waals surface area contributed by atoms with Crippen LogP contribution in [0.3, 0.4) is 0 Å². The molecule has 0 saturated heterocycles. The van der Waals surface area contributed by atoms with Crippen LogP contribution in [0.4, 0.5) is 34.1 Å². The summed E-state index contributed by atoms with van der Waals surface area (Å²) in [7, 11) is 0. The Labute approximate surface area is 331 Å². The lowest BCUT2D eigenvalue weighted by Crippen LogP contribution is -2.10. The van der Waals surface area contributed by atoms with E-state index in [9.17, 15) is 0 Å². The molecule has 0 spiro atoms. The molecule has 0 amide bonds. The van der Waals surface area contributed by atoms with Crippen LogP contribution in [0.5, 0.6) is 0 Å². The standard InChI is InChI=1S/C54H37N3/c1-5-18-40(19-6-1)55(41-20-7-2-8-21-41)50-36-37-52-54-48(50)33-32-47-45(34-35-51(53(47)54)57(52)43-24-11-4-12-25-43)39-28-30-44(31-29-39)56(42-22-9-3-10-23-42)49-27-15-17-38-16-13-14-26-46(38)49/h1-37H. The Morgan fingerprint density at radius 1 is 0.298 bits per heavy atom. The van der Waals surface area contributed by atoms with Crippen LogP contribution >= 0.6 is 0 Å². The lowest BCUT2D eigenvalue weighted by Gasteiger charge is -2.27. The van der Waals surface area contributed by atoms with Gasteiger partial charge >= 0.3 is 0 Å². The van der Waals surface area contributed by atoms with Crippen molar-refractivity contribution in [3.8, 4) is 16.8 Å². The summed E-state index contributed by atoms with van der Waals surface area (Å²) in [6.07, 6.45) is 0. The van der Waals surface area contributed by atoms with Gasteiger partial charge in [0.2, 0.25) is 0 Å². The van der Waals surface area contributed by atoms with Crippen molar-refractivity contribution in [3.05, 3.63) is 224 Å². The Morgan fingerprint density at radius 2 is 0.772 bits per heavy atom. The van der Waals surface area contributed by atoms with Crippen molar-refractivity contribution >= 4 is 77.5 Å². The molecule has 0 aliphatic heterocycles. The van der Waals surface area contributed by atoms with Gasteiger partial charge in [-0.3, -0.25) is 0 Å². The number of anilines is 6. The molecule has 0 radical (unpaired) electrons. The Morgan fingerprint density at radius 3 is 1.40 bits per heavy atom. The number of nitrogens with zero attached hydrogens (tertiary/aromatic N) is 3. The van der Waals surface area contributed by atoms with Gasteiger partial charge in [-0.15, -0.1) is 0 Å². The highest BCUT2D eigenvalue weighted by Crippen LogP contribution is 2.48. The van der Waals surface area contributed by atoms with E-state index < -0.39 is 0 Å². The first-order chi connectivity index (χ1) is 28.3. The molecule has 10 aromatic carbocycles. The predicted octanol–water partition coefficient (Wildman–Crippen LogP) is 15.1. The van der Waals surface area contributed by atoms with Crippen LogP contribution in [-0.2, 0) is 0 Å². The molecule has 0 aliphatic carbocycles. The number of hydrogen-bond donors (Lipinski definition) is 0. The van der Waals surface area contributed by atoms with Crippen molar-refractivity contribution < 1.29 is 0 Å². The summed E-state index contributed by atoms with van der Waals surface area (Å²) in [5.74, 6) is 0. The second kappa shape index (κ2) is 13.6. The van der Waals surface area contributed by atoms with E-state index in [2.05, 4.69) is 239 Å². The summed E-state index contributed by atoms with van der Waals surface area (Å²) >= 11 is 0. The van der Waals surface area contributed by atoms with Gasteiger partial charge in [0.1, 0.15) is 0 Å². The maximum absolute atomic E-state index is 2.43. The summed E-state index contributed by atoms with van der Waals surface area (Å²) in [5.41, 5.74) is 12.7. The summed E-state index contributed by atoms with van der Waals surface area (Å²) < 4.78 is 2.43. The summed E-state index contributed by atoms with van der Waals surface area (Å²) in [5, 5.41) is 7.44. The van der Waals surface area contributed by atoms with Crippen molar-refractivity contribution in [1.82, 2.24) is 4.57 Å². The zero-order valence-corrected chi connectivity index (χ0v) is 31.2. The number of hydrogen-bond acceptors (Lipinski definition) is 2. The largest absolute Gasteiger partial charge is 0.310 e. The summed E-state index contributed by atoms with van der Waals surface area (Å²) in [6.45, 7) is 0. The molecule has 0 N–H and O–H groups in total. The maximum atomic E-state index is 2.43. The van der Waals surface area contributed by atoms with Crippen LogP contribution in [0.2, 0.25) is 0 Å². The predicted molar refractivity (Wildman–Crippen MR) is 242 cm³/mol. The van der Waals surface area contributed by atoms with E-state index >= 15 is 0 Å². The molecular formula is C54H37N3. The number of fused-ring (bicyclic) bond motifs is 1. The minimum Gasteiger partial charge on any atom is -0.310 e. The van der Waals surface area contributed by atoms with Crippen LogP contribution in [-0.4, -0.2) is 4.57 Å². The number of para-hydroxylation sites is 4. The molecule has 0 aliphatic rings. The lowest BCUT2D eigenvalue weighted by atomic mass is 9.93. The molecule has 11 aromatic rings. The smallest absolute Gasteiger partial charge is 0.0548 e. The molecule has 0 saturated carbocycles. The molecule has 3 nitrogen and oxygen atoms in total. The van der Waals surface area contributed by atoms with Crippen LogP contribution in [0.1, 0.15) is 0 Å². The first-order valence-electron chi connectivity index (χ1n) is 19.5. The fraction of sp³-hybridized carbons (Fsp3) is 0. The van der Waals surface area contributed by atoms with E-state index in [0.717, 1.165) is 39.8 Å². The molecule has 1 heterocycles. The average Bonchev–Trinajstić information content (AvgIpc) is 3.63. The van der Waals surface area contributed by atoms with Gasteiger partial charge in [-0.25, -0.2) is 0 Å². The topological polar surface area (TPSA) is 11.4 Å². The van der Waals surface area contributed by atoms with Crippen molar-refractivity contribution in [2.75, 3.05) is 9.80 Å². The van der Waals surface area contributed by atoms with Gasteiger partial charge in [-0.1, -0.05) is 140 Å². The molecule has 0 atom stereocenters. The highest BCUT2D eigenvalue weighted by molar-refractivity contribution is 6.29. The van der Waals surface area contributed by atoms with Crippen LogP contribution in [0.25, 0.3) is 60.2 Å². The van der Waals surface area contributed by atoms with Crippen molar-refractivity contribution in [2.45, 2.75) is 0 Å². The van der Waals surface area contributed by atoms with Crippen LogP contribution < -0.4 is 9.80 Å². The molecule has 0 unspecified atom stereocenters. The van der Waals surface area contributed by atoms with Crippen molar-refractivity contribution in [2.24, 2.45) is 0 Å². The zero-order chi connectivity index (χ0) is 37.7. The second-order valence-corrected chi connectivity index (χ2v) is 14.5. The number of benzene rings is 10. The fourth-order valence-electron chi connectivity index (χ4n) is 8.82. The molecule has 11 rings (SSSR count). The second-order valence-electron chi connectivity index (χ2n) is 14.5. The van der Waals surface area contributed by atoms with Crippen molar-refractivity contribution in [1.29, 1.82) is 0 Å². The van der Waals surface area contributed by atoms with Gasteiger partial charge in [0, 0.05) is 50.0 Å². The fourth-order valence-corrected chi connectivity index (χ4v) is 8.82. The van der Waals surface area contributed by atoms with Gasteiger partial charge in [-0.05, 0) is 107 Å². The minimum atomic E-state index is 1.11. The van der Waals surface area contributed by atoms with E-state index in [1.165, 1.54) is 54.5 Å². The zero-order valence-electron chi connectivity index (χ0n) is 31.2. The average molecular weight is 728 g/mol. The molecule has 1 aromatic heterocycles. The Bertz CT molecular complexity index is 3110. The van der Waals surface area contributed by atoms with Gasteiger partial charge in [-0.2, -0.15) is 0 Å². The Balaban J connectivity index is 1.11. The SMILES string of the molecule is c1ccc(N(c2ccc(-c3ccc4c5c3ccc3c(N(c6ccccc6)c6ccccc6)ccc(c35)n4-c3ccccc3)cc2)c2cccc3ccccc23)cc1. The van der Waals surface area contributed by atoms with Gasteiger partial charge in [0.05, 0.1) is 22.4 Å². The van der Waals surface area contributed by atoms with E-state index in [0.29, 0.717) is 0 Å². The van der Waals surface area contributed by atoms with Gasteiger partial charge < -0.3 is 14.4 Å². The van der Waals surface area contributed by atoms with Crippen molar-refractivity contribution in [3.63, 3.8) is 0 Å². The third kappa shape index (κ3) is 5.43. The van der Waals surface area contributed by atoms with E-state index in [4.69, 9.17) is 0 Å². The highest BCUT2D eigenvalue weighted by atomic mass is 15.1. The van der Waals surface area contributed by atoms with E-state index in [-0.39, 0.29) is 0 Å². The third-order valence-corrected chi connectivity index (χ3v) is 11.3. The maximum Gasteiger partial charge on any atom is 0.0548 e. The third-order valence-electron chi connectivity index (χ3n) is 11.3. The Kier molecular flexibility index (Phi) is 7.82. The summed E-state index contributed by atoms with van der Waals surface area (Å²) in [6, 6.07) is 81.0. The monoisotopic (exact) mass is 727 g/mol. The van der Waals surface area contributed by atoms with Crippen LogP contribution in [0, 0.1) is 0 Å². The molecule has 0 fully saturated rings. The highest BCUT2D eigenvalue weighted by Gasteiger charge is 2.24. The van der Waals surface area contributed by atoms with Gasteiger partial charge in [0.15, 0.2) is 0 Å². The molecular weight excluding hydrogens is 691 g/mol. The molecule has 268 valence electrons. The first-order valence-corrected chi connectivity index (χ1v) is 19.5. The normalized spacial score (nSPS) is 11.5. The number of rotatable bonds is 8. The molecule has 57 heavy (non-hydrogen) atoms. The lowest BCUT2D eigenvalue weighted by molar-refractivity contribution is 1.18. The molecule has 0 bridgehead atoms.